The maximum absolute atomic E-state index is 10.9. The van der Waals surface area contributed by atoms with Crippen LogP contribution in [-0.4, -0.2) is 27.0 Å². The Bertz CT molecular complexity index is 964. The topological polar surface area (TPSA) is 98.4 Å². The van der Waals surface area contributed by atoms with Crippen LogP contribution < -0.4 is 0 Å². The highest BCUT2D eigenvalue weighted by Gasteiger charge is 2.36. The second kappa shape index (κ2) is 6.96. The summed E-state index contributed by atoms with van der Waals surface area (Å²) in [5, 5.41) is 14.8. The molecule has 1 fully saturated rings. The molecule has 140 valence electrons. The number of hydrogen-bond acceptors (Lipinski definition) is 7. The Morgan fingerprint density at radius 3 is 2.85 bits per heavy atom. The van der Waals surface area contributed by atoms with E-state index < -0.39 is 4.92 Å². The van der Waals surface area contributed by atoms with Crippen molar-refractivity contribution in [3.8, 4) is 11.4 Å². The molecule has 0 aliphatic heterocycles. The monoisotopic (exact) mass is 368 g/mol. The minimum Gasteiger partial charge on any atom is -0.464 e. The fraction of sp³-hybridized carbons (Fsp3) is 0.368. The number of rotatable bonds is 7. The molecule has 1 saturated carbocycles. The van der Waals surface area contributed by atoms with Crippen LogP contribution in [0.2, 0.25) is 0 Å². The summed E-state index contributed by atoms with van der Waals surface area (Å²) in [6.07, 6.45) is 1.20. The van der Waals surface area contributed by atoms with Crippen molar-refractivity contribution in [3.05, 3.63) is 63.9 Å². The summed E-state index contributed by atoms with van der Waals surface area (Å²) in [5.74, 6) is 4.04. The van der Waals surface area contributed by atoms with Crippen molar-refractivity contribution in [1.82, 2.24) is 15.0 Å². The van der Waals surface area contributed by atoms with Crippen LogP contribution in [0, 0.1) is 16.0 Å². The third-order valence-corrected chi connectivity index (χ3v) is 4.77. The van der Waals surface area contributed by atoms with Gasteiger partial charge < -0.3 is 8.94 Å². The summed E-state index contributed by atoms with van der Waals surface area (Å²) in [5.41, 5.74) is 0.547. The Morgan fingerprint density at radius 2 is 2.11 bits per heavy atom. The predicted octanol–water partition coefficient (Wildman–Crippen LogP) is 3.99. The third kappa shape index (κ3) is 3.90. The van der Waals surface area contributed by atoms with E-state index in [0.29, 0.717) is 42.2 Å². The average Bonchev–Trinajstić information content (AvgIpc) is 3.02. The SMILES string of the molecule is C[C@H]1C[C@H]1c1ccc(CN(C)Cc2nc(-c3cccc([N+](=O)[O-])c3)no2)o1. The molecule has 2 heterocycles. The summed E-state index contributed by atoms with van der Waals surface area (Å²) < 4.78 is 11.2. The van der Waals surface area contributed by atoms with E-state index in [2.05, 4.69) is 23.1 Å². The molecule has 0 N–H and O–H groups in total. The van der Waals surface area contributed by atoms with E-state index in [1.54, 1.807) is 12.1 Å². The van der Waals surface area contributed by atoms with Gasteiger partial charge in [-0.15, -0.1) is 0 Å². The van der Waals surface area contributed by atoms with Crippen LogP contribution in [0.4, 0.5) is 5.69 Å². The first kappa shape index (κ1) is 17.4. The third-order valence-electron chi connectivity index (χ3n) is 4.77. The van der Waals surface area contributed by atoms with Crippen molar-refractivity contribution in [2.75, 3.05) is 7.05 Å². The van der Waals surface area contributed by atoms with Gasteiger partial charge in [0.25, 0.3) is 5.69 Å². The molecule has 4 rings (SSSR count). The lowest BCUT2D eigenvalue weighted by molar-refractivity contribution is -0.384. The highest BCUT2D eigenvalue weighted by molar-refractivity contribution is 5.58. The van der Waals surface area contributed by atoms with Gasteiger partial charge in [-0.1, -0.05) is 24.2 Å². The smallest absolute Gasteiger partial charge is 0.270 e. The zero-order chi connectivity index (χ0) is 19.0. The van der Waals surface area contributed by atoms with Crippen molar-refractivity contribution in [3.63, 3.8) is 0 Å². The molecule has 8 nitrogen and oxygen atoms in total. The highest BCUT2D eigenvalue weighted by Crippen LogP contribution is 2.47. The normalized spacial score (nSPS) is 18.8. The van der Waals surface area contributed by atoms with Gasteiger partial charge in [0.1, 0.15) is 11.5 Å². The van der Waals surface area contributed by atoms with Crippen molar-refractivity contribution in [2.24, 2.45) is 5.92 Å². The number of benzene rings is 1. The fourth-order valence-electron chi connectivity index (χ4n) is 3.15. The van der Waals surface area contributed by atoms with E-state index in [4.69, 9.17) is 8.94 Å². The van der Waals surface area contributed by atoms with E-state index in [1.807, 2.05) is 18.0 Å². The maximum atomic E-state index is 10.9. The van der Waals surface area contributed by atoms with Crippen LogP contribution in [-0.2, 0) is 13.1 Å². The Morgan fingerprint density at radius 1 is 1.30 bits per heavy atom. The number of aromatic nitrogens is 2. The summed E-state index contributed by atoms with van der Waals surface area (Å²) in [6, 6.07) is 10.3. The van der Waals surface area contributed by atoms with Crippen LogP contribution in [0.25, 0.3) is 11.4 Å². The van der Waals surface area contributed by atoms with Gasteiger partial charge in [0.05, 0.1) is 18.0 Å². The zero-order valence-corrected chi connectivity index (χ0v) is 15.2. The average molecular weight is 368 g/mol. The first-order valence-corrected chi connectivity index (χ1v) is 8.84. The number of hydrogen-bond donors (Lipinski definition) is 0. The molecule has 2 aromatic heterocycles. The second-order valence-corrected chi connectivity index (χ2v) is 7.12. The van der Waals surface area contributed by atoms with E-state index >= 15 is 0 Å². The van der Waals surface area contributed by atoms with Crippen LogP contribution in [0.3, 0.4) is 0 Å². The number of nitro benzene ring substituents is 1. The summed E-state index contributed by atoms with van der Waals surface area (Å²) in [4.78, 5) is 16.8. The Kier molecular flexibility index (Phi) is 4.49. The Balaban J connectivity index is 1.39. The number of nitrogens with zero attached hydrogens (tertiary/aromatic N) is 4. The molecule has 1 aliphatic rings. The second-order valence-electron chi connectivity index (χ2n) is 7.12. The van der Waals surface area contributed by atoms with Gasteiger partial charge >= 0.3 is 0 Å². The van der Waals surface area contributed by atoms with Crippen molar-refractivity contribution >= 4 is 5.69 Å². The molecule has 1 aromatic carbocycles. The van der Waals surface area contributed by atoms with Gasteiger partial charge in [-0.3, -0.25) is 15.0 Å². The summed E-state index contributed by atoms with van der Waals surface area (Å²) in [7, 11) is 1.94. The van der Waals surface area contributed by atoms with Gasteiger partial charge in [-0.2, -0.15) is 4.98 Å². The van der Waals surface area contributed by atoms with E-state index in [-0.39, 0.29) is 5.69 Å². The quantitative estimate of drug-likeness (QED) is 0.459. The molecular weight excluding hydrogens is 348 g/mol. The molecule has 0 spiro atoms. The largest absolute Gasteiger partial charge is 0.464 e. The molecule has 0 radical (unpaired) electrons. The highest BCUT2D eigenvalue weighted by atomic mass is 16.6. The Hall–Kier alpha value is -3.00. The van der Waals surface area contributed by atoms with Crippen LogP contribution in [0.5, 0.6) is 0 Å². The maximum Gasteiger partial charge on any atom is 0.270 e. The predicted molar refractivity (Wildman–Crippen MR) is 96.8 cm³/mol. The molecule has 2 atom stereocenters. The van der Waals surface area contributed by atoms with Crippen LogP contribution in [0.1, 0.15) is 36.7 Å². The standard InChI is InChI=1S/C19H20N4O4/c1-12-8-16(12)17-7-6-15(26-17)10-22(2)11-18-20-19(21-27-18)13-4-3-5-14(9-13)23(24)25/h3-7,9,12,16H,8,10-11H2,1-2H3/t12-,16+/m0/s1. The lowest BCUT2D eigenvalue weighted by Gasteiger charge is -2.11. The van der Waals surface area contributed by atoms with E-state index in [0.717, 1.165) is 11.5 Å². The van der Waals surface area contributed by atoms with Gasteiger partial charge in [-0.05, 0) is 31.5 Å². The molecule has 8 heteroatoms. The molecule has 27 heavy (non-hydrogen) atoms. The molecule has 0 bridgehead atoms. The van der Waals surface area contributed by atoms with Gasteiger partial charge in [0.15, 0.2) is 0 Å². The Labute approximate surface area is 155 Å². The minimum absolute atomic E-state index is 0.00503. The van der Waals surface area contributed by atoms with Crippen LogP contribution >= 0.6 is 0 Å². The summed E-state index contributed by atoms with van der Waals surface area (Å²) in [6.45, 7) is 3.32. The molecule has 0 saturated heterocycles. The van der Waals surface area contributed by atoms with E-state index in [1.165, 1.54) is 18.6 Å². The number of furan rings is 1. The molecular formula is C19H20N4O4. The molecule has 3 aromatic rings. The fourth-order valence-corrected chi connectivity index (χ4v) is 3.15. The number of nitro groups is 1. The lowest BCUT2D eigenvalue weighted by Crippen LogP contribution is -2.17. The van der Waals surface area contributed by atoms with Crippen molar-refractivity contribution in [2.45, 2.75) is 32.4 Å². The number of non-ortho nitro benzene ring substituents is 1. The first-order valence-electron chi connectivity index (χ1n) is 8.84. The van der Waals surface area contributed by atoms with E-state index in [9.17, 15) is 10.1 Å². The van der Waals surface area contributed by atoms with Gasteiger partial charge in [-0.25, -0.2) is 0 Å². The van der Waals surface area contributed by atoms with Crippen molar-refractivity contribution < 1.29 is 13.9 Å². The van der Waals surface area contributed by atoms with Crippen molar-refractivity contribution in [1.29, 1.82) is 0 Å². The van der Waals surface area contributed by atoms with Crippen LogP contribution in [0.15, 0.2) is 45.3 Å². The lowest BCUT2D eigenvalue weighted by atomic mass is 10.2. The minimum atomic E-state index is -0.446. The van der Waals surface area contributed by atoms with Gasteiger partial charge in [0, 0.05) is 23.6 Å². The zero-order valence-electron chi connectivity index (χ0n) is 15.2. The summed E-state index contributed by atoms with van der Waals surface area (Å²) >= 11 is 0. The first-order chi connectivity index (χ1) is 13.0. The molecule has 0 unspecified atom stereocenters. The van der Waals surface area contributed by atoms with Gasteiger partial charge in [0.2, 0.25) is 11.7 Å². The molecule has 1 aliphatic carbocycles. The molecule has 0 amide bonds.